The summed E-state index contributed by atoms with van der Waals surface area (Å²) in [7, 11) is 0. The van der Waals surface area contributed by atoms with Gasteiger partial charge in [-0.3, -0.25) is 9.59 Å². The van der Waals surface area contributed by atoms with Crippen molar-refractivity contribution in [2.75, 3.05) is 0 Å². The van der Waals surface area contributed by atoms with Gasteiger partial charge in [0.15, 0.2) is 29.0 Å². The van der Waals surface area contributed by atoms with Gasteiger partial charge in [0, 0.05) is 35.1 Å². The SMILES string of the molecule is CC(=O)C(Cc1c(F)c(F)c(F)c(CC(C(C)=O)=C(C)O)c1F)=C(C)O. The molecule has 0 aliphatic rings. The maximum absolute atomic E-state index is 14.7. The van der Waals surface area contributed by atoms with Crippen molar-refractivity contribution in [2.45, 2.75) is 40.5 Å². The number of aliphatic hydroxyl groups is 2. The van der Waals surface area contributed by atoms with Crippen molar-refractivity contribution in [3.63, 3.8) is 0 Å². The molecular weight excluding hydrogens is 356 g/mol. The molecule has 0 saturated carbocycles. The van der Waals surface area contributed by atoms with E-state index in [0.29, 0.717) is 0 Å². The fourth-order valence-corrected chi connectivity index (χ4v) is 2.41. The van der Waals surface area contributed by atoms with Crippen LogP contribution in [0.5, 0.6) is 0 Å². The van der Waals surface area contributed by atoms with Crippen LogP contribution >= 0.6 is 0 Å². The summed E-state index contributed by atoms with van der Waals surface area (Å²) < 4.78 is 56.7. The molecule has 1 aromatic rings. The van der Waals surface area contributed by atoms with Gasteiger partial charge in [0.1, 0.15) is 5.82 Å². The van der Waals surface area contributed by atoms with Gasteiger partial charge < -0.3 is 10.2 Å². The van der Waals surface area contributed by atoms with Gasteiger partial charge in [0.2, 0.25) is 0 Å². The smallest absolute Gasteiger partial charge is 0.195 e. The molecule has 1 aromatic carbocycles. The van der Waals surface area contributed by atoms with Crippen molar-refractivity contribution in [3.05, 3.63) is 57.1 Å². The zero-order chi connectivity index (χ0) is 20.3. The van der Waals surface area contributed by atoms with E-state index in [1.807, 2.05) is 0 Å². The molecule has 4 nitrogen and oxygen atoms in total. The topological polar surface area (TPSA) is 74.6 Å². The van der Waals surface area contributed by atoms with Crippen LogP contribution in [0.2, 0.25) is 0 Å². The Morgan fingerprint density at radius 3 is 1.19 bits per heavy atom. The Morgan fingerprint density at radius 2 is 0.962 bits per heavy atom. The fraction of sp³-hybridized carbons (Fsp3) is 0.333. The molecule has 0 bridgehead atoms. The predicted octanol–water partition coefficient (Wildman–Crippen LogP) is 4.17. The molecule has 8 heteroatoms. The number of Topliss-reactive ketones (excluding diaryl/α,β-unsaturated/α-hetero) is 2. The highest BCUT2D eigenvalue weighted by molar-refractivity contribution is 5.94. The van der Waals surface area contributed by atoms with Gasteiger partial charge in [-0.1, -0.05) is 0 Å². The van der Waals surface area contributed by atoms with Crippen LogP contribution in [-0.4, -0.2) is 21.8 Å². The number of rotatable bonds is 6. The molecule has 0 atom stereocenters. The van der Waals surface area contributed by atoms with E-state index < -0.39 is 70.3 Å². The van der Waals surface area contributed by atoms with Crippen LogP contribution in [0.3, 0.4) is 0 Å². The van der Waals surface area contributed by atoms with E-state index in [9.17, 15) is 37.4 Å². The van der Waals surface area contributed by atoms with Crippen LogP contribution in [0.15, 0.2) is 22.7 Å². The lowest BCUT2D eigenvalue weighted by atomic mass is 9.94. The standard InChI is InChI=1S/C18H18F4O4/c1-7(23)11(8(2)24)5-13-15(19)14(17(21)18(22)16(13)20)6-12(9(3)25)10(4)26/h23,25H,5-6H2,1-4H3. The van der Waals surface area contributed by atoms with Crippen LogP contribution in [0, 0.1) is 23.3 Å². The molecule has 0 heterocycles. The third-order valence-electron chi connectivity index (χ3n) is 3.88. The first-order valence-corrected chi connectivity index (χ1v) is 7.53. The van der Waals surface area contributed by atoms with Crippen LogP contribution in [0.25, 0.3) is 0 Å². The molecule has 0 aliphatic carbocycles. The van der Waals surface area contributed by atoms with E-state index >= 15 is 0 Å². The molecule has 0 spiro atoms. The van der Waals surface area contributed by atoms with Crippen LogP contribution in [0.4, 0.5) is 17.6 Å². The lowest BCUT2D eigenvalue weighted by Crippen LogP contribution is -2.15. The molecule has 0 amide bonds. The normalized spacial score (nSPS) is 13.2. The summed E-state index contributed by atoms with van der Waals surface area (Å²) in [6.45, 7) is 4.30. The molecule has 0 aliphatic heterocycles. The summed E-state index contributed by atoms with van der Waals surface area (Å²) in [4.78, 5) is 23.0. The number of ketones is 2. The lowest BCUT2D eigenvalue weighted by Gasteiger charge is -2.14. The van der Waals surface area contributed by atoms with Crippen molar-refractivity contribution in [2.24, 2.45) is 0 Å². The Bertz CT molecular complexity index is 765. The molecule has 26 heavy (non-hydrogen) atoms. The van der Waals surface area contributed by atoms with E-state index in [-0.39, 0.29) is 11.1 Å². The van der Waals surface area contributed by atoms with Gasteiger partial charge in [0.05, 0.1) is 11.5 Å². The Balaban J connectivity index is 3.65. The third kappa shape index (κ3) is 4.30. The van der Waals surface area contributed by atoms with Gasteiger partial charge in [-0.05, 0) is 27.7 Å². The number of hydrogen-bond acceptors (Lipinski definition) is 4. The van der Waals surface area contributed by atoms with E-state index in [1.54, 1.807) is 0 Å². The monoisotopic (exact) mass is 374 g/mol. The molecule has 142 valence electrons. The second-order valence-corrected chi connectivity index (χ2v) is 5.81. The largest absolute Gasteiger partial charge is 0.512 e. The summed E-state index contributed by atoms with van der Waals surface area (Å²) in [6.07, 6.45) is -1.62. The lowest BCUT2D eigenvalue weighted by molar-refractivity contribution is -0.114. The number of benzene rings is 1. The first kappa shape index (κ1) is 21.4. The van der Waals surface area contributed by atoms with E-state index in [2.05, 4.69) is 0 Å². The summed E-state index contributed by atoms with van der Waals surface area (Å²) in [5, 5.41) is 18.9. The highest BCUT2D eigenvalue weighted by Crippen LogP contribution is 2.29. The van der Waals surface area contributed by atoms with Gasteiger partial charge in [-0.15, -0.1) is 0 Å². The molecule has 0 fully saturated rings. The fourth-order valence-electron chi connectivity index (χ4n) is 2.41. The zero-order valence-corrected chi connectivity index (χ0v) is 14.6. The van der Waals surface area contributed by atoms with E-state index in [0.717, 1.165) is 27.7 Å². The number of carbonyl (C=O) groups excluding carboxylic acids is 2. The maximum atomic E-state index is 14.7. The average molecular weight is 374 g/mol. The van der Waals surface area contributed by atoms with E-state index in [4.69, 9.17) is 0 Å². The highest BCUT2D eigenvalue weighted by atomic mass is 19.2. The minimum absolute atomic E-state index is 0.375. The third-order valence-corrected chi connectivity index (χ3v) is 3.88. The van der Waals surface area contributed by atoms with Crippen molar-refractivity contribution < 1.29 is 37.4 Å². The number of halogens is 4. The molecular formula is C18H18F4O4. The molecule has 2 N–H and O–H groups in total. The minimum Gasteiger partial charge on any atom is -0.512 e. The summed E-state index contributed by atoms with van der Waals surface area (Å²) in [5.41, 5.74) is -2.67. The average Bonchev–Trinajstić information content (AvgIpc) is 2.51. The number of carbonyl (C=O) groups is 2. The van der Waals surface area contributed by atoms with Crippen LogP contribution in [-0.2, 0) is 22.4 Å². The molecule has 0 aromatic heterocycles. The number of hydrogen-bond donors (Lipinski definition) is 2. The second kappa shape index (κ2) is 8.16. The quantitative estimate of drug-likeness (QED) is 0.258. The highest BCUT2D eigenvalue weighted by Gasteiger charge is 2.28. The maximum Gasteiger partial charge on any atom is 0.195 e. The Labute approximate surface area is 147 Å². The van der Waals surface area contributed by atoms with Crippen LogP contribution < -0.4 is 0 Å². The summed E-state index contributed by atoms with van der Waals surface area (Å²) in [6, 6.07) is 0. The summed E-state index contributed by atoms with van der Waals surface area (Å²) in [5.74, 6) is -9.59. The van der Waals surface area contributed by atoms with Crippen molar-refractivity contribution in [1.29, 1.82) is 0 Å². The Hall–Kier alpha value is -2.64. The van der Waals surface area contributed by atoms with E-state index in [1.165, 1.54) is 0 Å². The van der Waals surface area contributed by atoms with Crippen molar-refractivity contribution in [3.8, 4) is 0 Å². The zero-order valence-electron chi connectivity index (χ0n) is 14.6. The van der Waals surface area contributed by atoms with Gasteiger partial charge in [-0.2, -0.15) is 0 Å². The minimum atomic E-state index is -1.98. The summed E-state index contributed by atoms with van der Waals surface area (Å²) >= 11 is 0. The number of allylic oxidation sites excluding steroid dienone is 4. The Kier molecular flexibility index (Phi) is 6.72. The van der Waals surface area contributed by atoms with Gasteiger partial charge >= 0.3 is 0 Å². The molecule has 0 radical (unpaired) electrons. The first-order chi connectivity index (χ1) is 11.9. The van der Waals surface area contributed by atoms with Crippen molar-refractivity contribution in [1.82, 2.24) is 0 Å². The van der Waals surface area contributed by atoms with Crippen LogP contribution in [0.1, 0.15) is 38.8 Å². The van der Waals surface area contributed by atoms with Gasteiger partial charge in [-0.25, -0.2) is 17.6 Å². The molecule has 0 saturated heterocycles. The van der Waals surface area contributed by atoms with Crippen molar-refractivity contribution >= 4 is 11.6 Å². The van der Waals surface area contributed by atoms with Gasteiger partial charge in [0.25, 0.3) is 0 Å². The first-order valence-electron chi connectivity index (χ1n) is 7.53. The molecule has 1 rings (SSSR count). The second-order valence-electron chi connectivity index (χ2n) is 5.81. The Morgan fingerprint density at radius 1 is 0.654 bits per heavy atom. The molecule has 0 unspecified atom stereocenters. The predicted molar refractivity (Wildman–Crippen MR) is 85.7 cm³/mol. The number of aliphatic hydroxyl groups excluding tert-OH is 2.